The molecule has 0 fully saturated rings. The second-order valence-corrected chi connectivity index (χ2v) is 12.2. The van der Waals surface area contributed by atoms with E-state index >= 15 is 0 Å². The van der Waals surface area contributed by atoms with Crippen LogP contribution in [-0.4, -0.2) is 112 Å². The summed E-state index contributed by atoms with van der Waals surface area (Å²) in [5, 5.41) is 46.4. The fourth-order valence-corrected chi connectivity index (χ4v) is 4.75. The van der Waals surface area contributed by atoms with Crippen LogP contribution in [0.3, 0.4) is 0 Å². The van der Waals surface area contributed by atoms with Gasteiger partial charge in [0.05, 0.1) is 0 Å². The summed E-state index contributed by atoms with van der Waals surface area (Å²) in [5.74, 6) is -2.10. The summed E-state index contributed by atoms with van der Waals surface area (Å²) in [6, 6.07) is 7.73. The number of amides is 5. The highest BCUT2D eigenvalue weighted by molar-refractivity contribution is 7.80. The number of carbonyl (C=O) groups is 5. The van der Waals surface area contributed by atoms with E-state index in [-0.39, 0.29) is 57.1 Å². The molecule has 0 spiro atoms. The Bertz CT molecular complexity index is 1190. The number of hydrogen-bond donors (Lipinski definition) is 8. The highest BCUT2D eigenvalue weighted by atomic mass is 32.1. The summed E-state index contributed by atoms with van der Waals surface area (Å²) in [4.78, 5) is 59.2. The van der Waals surface area contributed by atoms with Gasteiger partial charge in [0.2, 0.25) is 29.5 Å². The molecule has 282 valence electrons. The van der Waals surface area contributed by atoms with Crippen molar-refractivity contribution >= 4 is 58.2 Å². The van der Waals surface area contributed by atoms with Crippen molar-refractivity contribution in [1.29, 1.82) is 0 Å². The van der Waals surface area contributed by atoms with E-state index in [2.05, 4.69) is 26.6 Å². The Balaban J connectivity index is 2.00. The number of nitrogens with one attached hydrogen (secondary N) is 5. The minimum absolute atomic E-state index is 0.0436. The van der Waals surface area contributed by atoms with E-state index in [1.54, 1.807) is 0 Å². The zero-order valence-electron chi connectivity index (χ0n) is 29.4. The monoisotopic (exact) mass is 724 g/mol. The fraction of sp³-hybridized carbons (Fsp3) is 0.636. The maximum absolute atomic E-state index is 12.2. The van der Waals surface area contributed by atoms with Gasteiger partial charge in [-0.25, -0.2) is 15.2 Å². The molecule has 0 aromatic heterocycles. The highest BCUT2D eigenvalue weighted by Gasteiger charge is 2.14. The number of nitrogens with zero attached hydrogens (tertiary/aromatic N) is 3. The lowest BCUT2D eigenvalue weighted by molar-refractivity contribution is -0.166. The second-order valence-electron chi connectivity index (χ2n) is 11.8. The quantitative estimate of drug-likeness (QED) is 0.0300. The maximum Gasteiger partial charge on any atom is 0.246 e. The first-order valence-electron chi connectivity index (χ1n) is 17.2. The predicted molar refractivity (Wildman–Crippen MR) is 192 cm³/mol. The molecule has 0 aliphatic rings. The predicted octanol–water partition coefficient (Wildman–Crippen LogP) is 2.99. The Morgan fingerprint density at radius 3 is 1.40 bits per heavy atom. The number of carbonyl (C=O) groups excluding carboxylic acids is 5. The number of anilines is 2. The molecule has 0 atom stereocenters. The van der Waals surface area contributed by atoms with E-state index < -0.39 is 17.7 Å². The van der Waals surface area contributed by atoms with Crippen molar-refractivity contribution < 1.29 is 39.6 Å². The van der Waals surface area contributed by atoms with Crippen LogP contribution in [-0.2, 0) is 24.0 Å². The molecule has 1 aromatic carbocycles. The van der Waals surface area contributed by atoms with E-state index in [9.17, 15) is 39.6 Å². The number of rotatable bonds is 26. The van der Waals surface area contributed by atoms with Crippen molar-refractivity contribution in [2.75, 3.05) is 56.9 Å². The van der Waals surface area contributed by atoms with Crippen LogP contribution in [0.25, 0.3) is 0 Å². The first kappa shape index (κ1) is 44.0. The van der Waals surface area contributed by atoms with Crippen LogP contribution in [0.5, 0.6) is 0 Å². The molecule has 0 unspecified atom stereocenters. The standard InChI is InChI=1S/C33H56N8O8S/c1-26(42)39(47)23-9-3-6-20-35-29(43)16-18-31(45)40(48)24-10-4-7-21-36-30(44)17-19-32(46)41(49)25-11-5-8-22-37-33(50)38-28-14-12-27(34-2)13-15-28/h12-15,34,47-49H,3-11,16-25H2,1-2H3,(H,35,43)(H,36,44)(H2,37,38,50). The zero-order chi connectivity index (χ0) is 37.1. The first-order chi connectivity index (χ1) is 23.9. The van der Waals surface area contributed by atoms with Crippen molar-refractivity contribution in [2.24, 2.45) is 0 Å². The zero-order valence-corrected chi connectivity index (χ0v) is 30.2. The summed E-state index contributed by atoms with van der Waals surface area (Å²) >= 11 is 5.30. The topological polar surface area (TPSA) is 216 Å². The Hall–Kier alpha value is -4.06. The Morgan fingerprint density at radius 2 is 0.980 bits per heavy atom. The molecular formula is C33H56N8O8S. The number of benzene rings is 1. The van der Waals surface area contributed by atoms with Crippen molar-refractivity contribution in [3.8, 4) is 0 Å². The molecule has 1 aromatic rings. The SMILES string of the molecule is CNc1ccc(NC(=S)NCCCCCN(O)C(=O)CCC(=O)NCCCCCN(O)C(=O)CCC(=O)NCCCCCN(O)C(C)=O)cc1. The van der Waals surface area contributed by atoms with Gasteiger partial charge in [-0.1, -0.05) is 0 Å². The van der Waals surface area contributed by atoms with Gasteiger partial charge in [-0.3, -0.25) is 39.6 Å². The van der Waals surface area contributed by atoms with Crippen molar-refractivity contribution in [3.05, 3.63) is 24.3 Å². The van der Waals surface area contributed by atoms with Gasteiger partial charge in [-0.2, -0.15) is 0 Å². The van der Waals surface area contributed by atoms with Crippen LogP contribution in [0.2, 0.25) is 0 Å². The van der Waals surface area contributed by atoms with Gasteiger partial charge in [0.1, 0.15) is 0 Å². The summed E-state index contributed by atoms with van der Waals surface area (Å²) in [5.41, 5.74) is 1.89. The molecule has 16 nitrogen and oxygen atoms in total. The molecule has 5 amide bonds. The number of unbranched alkanes of at least 4 members (excludes halogenated alkanes) is 6. The minimum atomic E-state index is -0.555. The van der Waals surface area contributed by atoms with Crippen LogP contribution < -0.4 is 26.6 Å². The van der Waals surface area contributed by atoms with E-state index in [1.165, 1.54) is 6.92 Å². The van der Waals surface area contributed by atoms with Crippen molar-refractivity contribution in [3.63, 3.8) is 0 Å². The lowest BCUT2D eigenvalue weighted by Gasteiger charge is -2.15. The number of hydrogen-bond acceptors (Lipinski definition) is 10. The summed E-state index contributed by atoms with van der Waals surface area (Å²) in [6.07, 6.45) is 5.59. The second kappa shape index (κ2) is 26.8. The van der Waals surface area contributed by atoms with Gasteiger partial charge in [-0.15, -0.1) is 0 Å². The summed E-state index contributed by atoms with van der Waals surface area (Å²) in [6.45, 7) is 3.22. The van der Waals surface area contributed by atoms with Gasteiger partial charge < -0.3 is 26.6 Å². The molecule has 1 rings (SSSR count). The molecule has 0 heterocycles. The van der Waals surface area contributed by atoms with Gasteiger partial charge in [0.25, 0.3) is 0 Å². The first-order valence-corrected chi connectivity index (χ1v) is 17.6. The van der Waals surface area contributed by atoms with E-state index in [4.69, 9.17) is 12.2 Å². The van der Waals surface area contributed by atoms with Crippen LogP contribution in [0, 0.1) is 0 Å². The average Bonchev–Trinajstić information content (AvgIpc) is 3.10. The molecule has 17 heteroatoms. The molecule has 50 heavy (non-hydrogen) atoms. The molecule has 0 saturated carbocycles. The summed E-state index contributed by atoms with van der Waals surface area (Å²) in [7, 11) is 1.85. The largest absolute Gasteiger partial charge is 0.388 e. The van der Waals surface area contributed by atoms with Gasteiger partial charge >= 0.3 is 0 Å². The normalized spacial score (nSPS) is 10.5. The summed E-state index contributed by atoms with van der Waals surface area (Å²) < 4.78 is 0. The molecule has 0 radical (unpaired) electrons. The van der Waals surface area contributed by atoms with Gasteiger partial charge in [0, 0.05) is 90.3 Å². The molecule has 0 aliphatic carbocycles. The van der Waals surface area contributed by atoms with E-state index in [0.29, 0.717) is 84.9 Å². The third kappa shape index (κ3) is 21.8. The Morgan fingerprint density at radius 1 is 0.580 bits per heavy atom. The molecular weight excluding hydrogens is 668 g/mol. The van der Waals surface area contributed by atoms with Crippen molar-refractivity contribution in [2.45, 2.75) is 90.4 Å². The average molecular weight is 725 g/mol. The highest BCUT2D eigenvalue weighted by Crippen LogP contribution is 2.12. The molecule has 0 aliphatic heterocycles. The molecule has 8 N–H and O–H groups in total. The maximum atomic E-state index is 12.2. The smallest absolute Gasteiger partial charge is 0.246 e. The van der Waals surface area contributed by atoms with Crippen LogP contribution >= 0.6 is 12.2 Å². The van der Waals surface area contributed by atoms with Gasteiger partial charge in [0.15, 0.2) is 5.11 Å². The van der Waals surface area contributed by atoms with Crippen molar-refractivity contribution in [1.82, 2.24) is 31.1 Å². The number of hydroxylamine groups is 6. The van der Waals surface area contributed by atoms with E-state index in [0.717, 1.165) is 24.2 Å². The Labute approximate surface area is 300 Å². The fourth-order valence-electron chi connectivity index (χ4n) is 4.53. The van der Waals surface area contributed by atoms with Crippen LogP contribution in [0.15, 0.2) is 24.3 Å². The minimum Gasteiger partial charge on any atom is -0.388 e. The molecule has 0 bridgehead atoms. The van der Waals surface area contributed by atoms with Gasteiger partial charge in [-0.05, 0) is 94.3 Å². The lowest BCUT2D eigenvalue weighted by Crippen LogP contribution is -2.31. The lowest BCUT2D eigenvalue weighted by atomic mass is 10.2. The van der Waals surface area contributed by atoms with Crippen LogP contribution in [0.4, 0.5) is 11.4 Å². The number of thiocarbonyl (C=S) groups is 1. The van der Waals surface area contributed by atoms with E-state index in [1.807, 2.05) is 31.3 Å². The Kier molecular flexibility index (Phi) is 23.5. The molecule has 0 saturated heterocycles. The third-order valence-corrected chi connectivity index (χ3v) is 7.82. The third-order valence-electron chi connectivity index (χ3n) is 7.57. The van der Waals surface area contributed by atoms with Crippen LogP contribution in [0.1, 0.15) is 90.4 Å².